The van der Waals surface area contributed by atoms with Crippen LogP contribution in [0, 0.1) is 0 Å². The Kier molecular flexibility index (Phi) is 6.61. The zero-order valence-corrected chi connectivity index (χ0v) is 16.1. The van der Waals surface area contributed by atoms with Crippen LogP contribution in [0.3, 0.4) is 0 Å². The molecule has 2 aromatic carbocycles. The fraction of sp³-hybridized carbons (Fsp3) is 0.286. The van der Waals surface area contributed by atoms with Gasteiger partial charge in [0.05, 0.1) is 6.04 Å². The SMILES string of the molecule is NC(Cc1cccc(C(=O)c2ccccc2)c1)C(=O)SN1CCC[C@H]1C(=O)O. The van der Waals surface area contributed by atoms with E-state index in [0.717, 1.165) is 23.9 Å². The summed E-state index contributed by atoms with van der Waals surface area (Å²) in [5.41, 5.74) is 7.99. The van der Waals surface area contributed by atoms with E-state index in [-0.39, 0.29) is 17.3 Å². The molecule has 0 bridgehead atoms. The molecule has 0 aromatic heterocycles. The molecule has 0 aliphatic carbocycles. The number of nitrogens with two attached hydrogens (primary N) is 1. The Bertz CT molecular complexity index is 872. The molecule has 6 nitrogen and oxygen atoms in total. The minimum absolute atomic E-state index is 0.0851. The van der Waals surface area contributed by atoms with Crippen LogP contribution in [0.4, 0.5) is 0 Å². The first-order valence-electron chi connectivity index (χ1n) is 9.11. The van der Waals surface area contributed by atoms with E-state index in [1.807, 2.05) is 24.3 Å². The van der Waals surface area contributed by atoms with Crippen LogP contribution in [0.25, 0.3) is 0 Å². The summed E-state index contributed by atoms with van der Waals surface area (Å²) in [6.45, 7) is 0.557. The lowest BCUT2D eigenvalue weighted by Crippen LogP contribution is -2.37. The molecule has 0 spiro atoms. The summed E-state index contributed by atoms with van der Waals surface area (Å²) in [7, 11) is 0. The minimum atomic E-state index is -0.918. The Morgan fingerprint density at radius 1 is 1.11 bits per heavy atom. The quantitative estimate of drug-likeness (QED) is 0.546. The monoisotopic (exact) mass is 398 g/mol. The summed E-state index contributed by atoms with van der Waals surface area (Å²) in [5.74, 6) is -1.00. The van der Waals surface area contributed by atoms with E-state index in [2.05, 4.69) is 0 Å². The molecular weight excluding hydrogens is 376 g/mol. The van der Waals surface area contributed by atoms with Gasteiger partial charge in [-0.15, -0.1) is 0 Å². The van der Waals surface area contributed by atoms with E-state index in [1.54, 1.807) is 34.6 Å². The maximum atomic E-state index is 12.6. The van der Waals surface area contributed by atoms with Crippen molar-refractivity contribution in [3.05, 3.63) is 71.3 Å². The molecule has 3 N–H and O–H groups in total. The summed E-state index contributed by atoms with van der Waals surface area (Å²) >= 11 is 0.900. The first-order valence-corrected chi connectivity index (χ1v) is 9.88. The van der Waals surface area contributed by atoms with Crippen molar-refractivity contribution in [3.8, 4) is 0 Å². The molecule has 1 unspecified atom stereocenters. The van der Waals surface area contributed by atoms with Gasteiger partial charge in [0.25, 0.3) is 0 Å². The van der Waals surface area contributed by atoms with Crippen molar-refractivity contribution in [1.82, 2.24) is 4.31 Å². The van der Waals surface area contributed by atoms with E-state index < -0.39 is 18.1 Å². The fourth-order valence-corrected chi connectivity index (χ4v) is 4.21. The lowest BCUT2D eigenvalue weighted by molar-refractivity contribution is -0.140. The number of carbonyl (C=O) groups is 3. The van der Waals surface area contributed by atoms with Gasteiger partial charge in [0.1, 0.15) is 6.04 Å². The summed E-state index contributed by atoms with van der Waals surface area (Å²) in [6, 6.07) is 14.7. The molecule has 0 radical (unpaired) electrons. The standard InChI is InChI=1S/C21H22N2O4S/c22-17(21(27)28-23-11-5-10-18(23)20(25)26)13-14-6-4-9-16(12-14)19(24)15-7-2-1-3-8-15/h1-4,6-9,12,17-18H,5,10-11,13,22H2,(H,25,26)/t17?,18-/m0/s1. The molecule has 28 heavy (non-hydrogen) atoms. The van der Waals surface area contributed by atoms with Gasteiger partial charge in [-0.1, -0.05) is 48.5 Å². The summed E-state index contributed by atoms with van der Waals surface area (Å²) in [4.78, 5) is 36.3. The highest BCUT2D eigenvalue weighted by atomic mass is 32.2. The van der Waals surface area contributed by atoms with Crippen molar-refractivity contribution in [2.75, 3.05) is 6.54 Å². The largest absolute Gasteiger partial charge is 0.480 e. The molecule has 7 heteroatoms. The van der Waals surface area contributed by atoms with Gasteiger partial charge in [-0.3, -0.25) is 14.4 Å². The van der Waals surface area contributed by atoms with Gasteiger partial charge in [0.15, 0.2) is 5.78 Å². The van der Waals surface area contributed by atoms with E-state index in [0.29, 0.717) is 24.1 Å². The lowest BCUT2D eigenvalue weighted by atomic mass is 9.99. The van der Waals surface area contributed by atoms with Gasteiger partial charge in [-0.05, 0) is 42.8 Å². The second-order valence-corrected chi connectivity index (χ2v) is 7.81. The highest BCUT2D eigenvalue weighted by Gasteiger charge is 2.33. The maximum Gasteiger partial charge on any atom is 0.321 e. The molecule has 1 fully saturated rings. The Balaban J connectivity index is 1.64. The predicted octanol–water partition coefficient (Wildman–Crippen LogP) is 2.51. The van der Waals surface area contributed by atoms with Crippen LogP contribution in [0.1, 0.15) is 34.3 Å². The Morgan fingerprint density at radius 3 is 2.54 bits per heavy atom. The number of hydrogen-bond donors (Lipinski definition) is 2. The van der Waals surface area contributed by atoms with Crippen LogP contribution in [-0.2, 0) is 16.0 Å². The fourth-order valence-electron chi connectivity index (χ4n) is 3.21. The Morgan fingerprint density at radius 2 is 1.82 bits per heavy atom. The van der Waals surface area contributed by atoms with Gasteiger partial charge < -0.3 is 10.8 Å². The average Bonchev–Trinajstić information content (AvgIpc) is 3.16. The van der Waals surface area contributed by atoms with Crippen molar-refractivity contribution in [3.63, 3.8) is 0 Å². The van der Waals surface area contributed by atoms with E-state index >= 15 is 0 Å². The summed E-state index contributed by atoms with van der Waals surface area (Å²) in [5, 5.41) is 8.95. The van der Waals surface area contributed by atoms with Crippen LogP contribution in [-0.4, -0.2) is 44.9 Å². The van der Waals surface area contributed by atoms with Gasteiger partial charge >= 0.3 is 5.97 Å². The van der Waals surface area contributed by atoms with Crippen molar-refractivity contribution >= 4 is 28.8 Å². The molecule has 1 aliphatic rings. The van der Waals surface area contributed by atoms with E-state index in [4.69, 9.17) is 5.73 Å². The zero-order valence-electron chi connectivity index (χ0n) is 15.3. The van der Waals surface area contributed by atoms with Crippen LogP contribution >= 0.6 is 11.9 Å². The molecule has 2 aromatic rings. The number of rotatable bonds is 7. The number of carbonyl (C=O) groups excluding carboxylic acids is 2. The number of carboxylic acid groups (broad SMARTS) is 1. The van der Waals surface area contributed by atoms with Crippen molar-refractivity contribution in [2.24, 2.45) is 5.73 Å². The smallest absolute Gasteiger partial charge is 0.321 e. The highest BCUT2D eigenvalue weighted by molar-refractivity contribution is 8.11. The molecule has 146 valence electrons. The van der Waals surface area contributed by atoms with Crippen molar-refractivity contribution < 1.29 is 19.5 Å². The topological polar surface area (TPSA) is 101 Å². The van der Waals surface area contributed by atoms with Crippen molar-refractivity contribution in [2.45, 2.75) is 31.3 Å². The number of hydrogen-bond acceptors (Lipinski definition) is 6. The van der Waals surface area contributed by atoms with Crippen LogP contribution in [0.2, 0.25) is 0 Å². The molecule has 2 atom stereocenters. The lowest BCUT2D eigenvalue weighted by Gasteiger charge is -2.20. The number of carboxylic acids is 1. The predicted molar refractivity (Wildman–Crippen MR) is 108 cm³/mol. The third-order valence-corrected chi connectivity index (χ3v) is 5.83. The number of benzene rings is 2. The molecule has 1 heterocycles. The molecular formula is C21H22N2O4S. The third-order valence-electron chi connectivity index (χ3n) is 4.68. The van der Waals surface area contributed by atoms with Gasteiger partial charge in [-0.25, -0.2) is 4.31 Å². The normalized spacial score (nSPS) is 18.0. The summed E-state index contributed by atoms with van der Waals surface area (Å²) < 4.78 is 1.60. The van der Waals surface area contributed by atoms with Crippen LogP contribution in [0.5, 0.6) is 0 Å². The maximum absolute atomic E-state index is 12.6. The van der Waals surface area contributed by atoms with Gasteiger partial charge in [0.2, 0.25) is 5.12 Å². The first kappa shape index (κ1) is 20.3. The number of nitrogens with zero attached hydrogens (tertiary/aromatic N) is 1. The molecule has 1 aliphatic heterocycles. The van der Waals surface area contributed by atoms with E-state index in [9.17, 15) is 19.5 Å². The average molecular weight is 398 g/mol. The third kappa shape index (κ3) is 4.86. The molecule has 1 saturated heterocycles. The van der Waals surface area contributed by atoms with Crippen molar-refractivity contribution in [1.29, 1.82) is 0 Å². The van der Waals surface area contributed by atoms with Crippen LogP contribution in [0.15, 0.2) is 54.6 Å². The molecule has 3 rings (SSSR count). The second kappa shape index (κ2) is 9.14. The number of aliphatic carboxylic acids is 1. The first-order chi connectivity index (χ1) is 13.5. The minimum Gasteiger partial charge on any atom is -0.480 e. The number of ketones is 1. The Hall–Kier alpha value is -2.48. The van der Waals surface area contributed by atoms with Gasteiger partial charge in [0, 0.05) is 17.7 Å². The highest BCUT2D eigenvalue weighted by Crippen LogP contribution is 2.27. The van der Waals surface area contributed by atoms with E-state index in [1.165, 1.54) is 0 Å². The Labute approximate surface area is 167 Å². The van der Waals surface area contributed by atoms with Gasteiger partial charge in [-0.2, -0.15) is 0 Å². The van der Waals surface area contributed by atoms with Crippen LogP contribution < -0.4 is 5.73 Å². The molecule has 0 saturated carbocycles. The summed E-state index contributed by atoms with van der Waals surface area (Å²) in [6.07, 6.45) is 1.57. The second-order valence-electron chi connectivity index (χ2n) is 6.75. The molecule has 0 amide bonds. The zero-order chi connectivity index (χ0) is 20.1.